The molecular formula is C19H19N3O3S. The predicted molar refractivity (Wildman–Crippen MR) is 106 cm³/mol. The topological polar surface area (TPSA) is 79.5 Å². The molecule has 0 aliphatic rings. The first-order chi connectivity index (χ1) is 12.5. The van der Waals surface area contributed by atoms with Crippen molar-refractivity contribution in [3.8, 4) is 5.75 Å². The number of nitrogens with one attached hydrogen (secondary N) is 3. The molecule has 3 N–H and O–H groups in total. The van der Waals surface area contributed by atoms with Gasteiger partial charge >= 0.3 is 0 Å². The Hall–Kier alpha value is -3.19. The van der Waals surface area contributed by atoms with Crippen LogP contribution in [0.2, 0.25) is 0 Å². The fraction of sp³-hybridized carbons (Fsp3) is 0.105. The normalized spacial score (nSPS) is 10.2. The molecule has 0 radical (unpaired) electrons. The van der Waals surface area contributed by atoms with Gasteiger partial charge in [-0.25, -0.2) is 0 Å². The van der Waals surface area contributed by atoms with Gasteiger partial charge in [-0.1, -0.05) is 24.3 Å². The van der Waals surface area contributed by atoms with Gasteiger partial charge in [0.25, 0.3) is 5.91 Å². The number of ether oxygens (including phenoxy) is 1. The number of benzene rings is 2. The van der Waals surface area contributed by atoms with Gasteiger partial charge < -0.3 is 15.4 Å². The SMILES string of the molecule is CNC(=O)c1cccc(NC(=S)NC(=O)/C=C/c2ccccc2OC)c1. The summed E-state index contributed by atoms with van der Waals surface area (Å²) in [5, 5.41) is 8.11. The van der Waals surface area contributed by atoms with Gasteiger partial charge in [0.05, 0.1) is 7.11 Å². The van der Waals surface area contributed by atoms with E-state index in [2.05, 4.69) is 16.0 Å². The molecule has 0 atom stereocenters. The fourth-order valence-corrected chi connectivity index (χ4v) is 2.39. The lowest BCUT2D eigenvalue weighted by Crippen LogP contribution is -2.32. The minimum absolute atomic E-state index is 0.133. The summed E-state index contributed by atoms with van der Waals surface area (Å²) in [6.07, 6.45) is 3.01. The molecule has 2 aromatic carbocycles. The Morgan fingerprint density at radius 3 is 2.62 bits per heavy atom. The molecule has 2 aromatic rings. The third kappa shape index (κ3) is 5.42. The lowest BCUT2D eigenvalue weighted by Gasteiger charge is -2.09. The average molecular weight is 369 g/mol. The standard InChI is InChI=1S/C19H19N3O3S/c1-20-18(24)14-7-5-8-15(12-14)21-19(26)22-17(23)11-10-13-6-3-4-9-16(13)25-2/h3-12H,1-2H3,(H,20,24)(H2,21,22,23,26)/b11-10+. The summed E-state index contributed by atoms with van der Waals surface area (Å²) in [5.74, 6) is 0.0856. The lowest BCUT2D eigenvalue weighted by atomic mass is 10.2. The number of para-hydroxylation sites is 1. The van der Waals surface area contributed by atoms with Crippen molar-refractivity contribution in [2.24, 2.45) is 0 Å². The Labute approximate surface area is 157 Å². The Bertz CT molecular complexity index is 849. The van der Waals surface area contributed by atoms with Crippen LogP contribution in [-0.4, -0.2) is 31.1 Å². The molecule has 0 bridgehead atoms. The molecule has 7 heteroatoms. The molecule has 0 spiro atoms. The van der Waals surface area contributed by atoms with Gasteiger partial charge in [-0.2, -0.15) is 0 Å². The number of amides is 2. The van der Waals surface area contributed by atoms with E-state index in [1.165, 1.54) is 6.08 Å². The van der Waals surface area contributed by atoms with Crippen LogP contribution in [0, 0.1) is 0 Å². The highest BCUT2D eigenvalue weighted by molar-refractivity contribution is 7.80. The quantitative estimate of drug-likeness (QED) is 0.558. The summed E-state index contributed by atoms with van der Waals surface area (Å²) in [6.45, 7) is 0. The van der Waals surface area contributed by atoms with Crippen molar-refractivity contribution in [3.05, 3.63) is 65.7 Å². The van der Waals surface area contributed by atoms with Crippen LogP contribution < -0.4 is 20.7 Å². The summed E-state index contributed by atoms with van der Waals surface area (Å²) >= 11 is 5.13. The van der Waals surface area contributed by atoms with Crippen LogP contribution in [0.15, 0.2) is 54.6 Å². The highest BCUT2D eigenvalue weighted by atomic mass is 32.1. The lowest BCUT2D eigenvalue weighted by molar-refractivity contribution is -0.115. The van der Waals surface area contributed by atoms with Crippen molar-refractivity contribution in [1.82, 2.24) is 10.6 Å². The van der Waals surface area contributed by atoms with Gasteiger partial charge in [-0.3, -0.25) is 14.9 Å². The number of carbonyl (C=O) groups is 2. The molecule has 6 nitrogen and oxygen atoms in total. The molecular weight excluding hydrogens is 350 g/mol. The third-order valence-corrected chi connectivity index (χ3v) is 3.60. The van der Waals surface area contributed by atoms with Crippen molar-refractivity contribution in [1.29, 1.82) is 0 Å². The first kappa shape index (κ1) is 19.1. The van der Waals surface area contributed by atoms with Crippen molar-refractivity contribution in [3.63, 3.8) is 0 Å². The molecule has 0 saturated carbocycles. The largest absolute Gasteiger partial charge is 0.496 e. The first-order valence-electron chi connectivity index (χ1n) is 7.78. The van der Waals surface area contributed by atoms with Gasteiger partial charge in [0.2, 0.25) is 5.91 Å². The van der Waals surface area contributed by atoms with E-state index in [0.717, 1.165) is 5.56 Å². The average Bonchev–Trinajstić information content (AvgIpc) is 2.66. The van der Waals surface area contributed by atoms with Gasteiger partial charge in [-0.15, -0.1) is 0 Å². The Kier molecular flexibility index (Phi) is 6.87. The summed E-state index contributed by atoms with van der Waals surface area (Å²) in [7, 11) is 3.13. The van der Waals surface area contributed by atoms with Crippen molar-refractivity contribution in [2.45, 2.75) is 0 Å². The number of hydrogen-bond donors (Lipinski definition) is 3. The van der Waals surface area contributed by atoms with E-state index in [-0.39, 0.29) is 16.9 Å². The van der Waals surface area contributed by atoms with Crippen LogP contribution in [0.3, 0.4) is 0 Å². The number of methoxy groups -OCH3 is 1. The molecule has 0 fully saturated rings. The molecule has 0 aliphatic heterocycles. The minimum Gasteiger partial charge on any atom is -0.496 e. The van der Waals surface area contributed by atoms with Crippen molar-refractivity contribution < 1.29 is 14.3 Å². The molecule has 0 heterocycles. The summed E-state index contributed by atoms with van der Waals surface area (Å²) in [4.78, 5) is 23.6. The van der Waals surface area contributed by atoms with Crippen molar-refractivity contribution >= 4 is 40.9 Å². The van der Waals surface area contributed by atoms with E-state index in [1.54, 1.807) is 44.5 Å². The number of rotatable bonds is 5. The zero-order chi connectivity index (χ0) is 18.9. The van der Waals surface area contributed by atoms with Crippen LogP contribution in [0.25, 0.3) is 6.08 Å². The van der Waals surface area contributed by atoms with Crippen LogP contribution >= 0.6 is 12.2 Å². The first-order valence-corrected chi connectivity index (χ1v) is 8.19. The second-order valence-electron chi connectivity index (χ2n) is 5.18. The molecule has 2 rings (SSSR count). The second-order valence-corrected chi connectivity index (χ2v) is 5.59. The smallest absolute Gasteiger partial charge is 0.251 e. The maximum atomic E-state index is 12.0. The molecule has 26 heavy (non-hydrogen) atoms. The highest BCUT2D eigenvalue weighted by Gasteiger charge is 2.06. The molecule has 2 amide bonds. The summed E-state index contributed by atoms with van der Waals surface area (Å²) in [6, 6.07) is 14.1. The van der Waals surface area contributed by atoms with E-state index in [0.29, 0.717) is 17.0 Å². The van der Waals surface area contributed by atoms with Crippen LogP contribution in [0.4, 0.5) is 5.69 Å². The van der Waals surface area contributed by atoms with Gasteiger partial charge in [0, 0.05) is 29.9 Å². The van der Waals surface area contributed by atoms with Gasteiger partial charge in [0.1, 0.15) is 5.75 Å². The van der Waals surface area contributed by atoms with Gasteiger partial charge in [0.15, 0.2) is 5.11 Å². The number of carbonyl (C=O) groups excluding carboxylic acids is 2. The summed E-state index contributed by atoms with van der Waals surface area (Å²) in [5.41, 5.74) is 1.87. The van der Waals surface area contributed by atoms with E-state index in [1.807, 2.05) is 24.3 Å². The molecule has 0 aliphatic carbocycles. The Morgan fingerprint density at radius 2 is 1.88 bits per heavy atom. The van der Waals surface area contributed by atoms with Crippen LogP contribution in [-0.2, 0) is 4.79 Å². The predicted octanol–water partition coefficient (Wildman–Crippen LogP) is 2.58. The molecule has 0 aromatic heterocycles. The highest BCUT2D eigenvalue weighted by Crippen LogP contribution is 2.18. The Morgan fingerprint density at radius 1 is 1.12 bits per heavy atom. The molecule has 0 unspecified atom stereocenters. The maximum Gasteiger partial charge on any atom is 0.251 e. The summed E-state index contributed by atoms with van der Waals surface area (Å²) < 4.78 is 5.22. The second kappa shape index (κ2) is 9.33. The van der Waals surface area contributed by atoms with E-state index in [4.69, 9.17) is 17.0 Å². The minimum atomic E-state index is -0.379. The Balaban J connectivity index is 1.96. The zero-order valence-corrected chi connectivity index (χ0v) is 15.2. The van der Waals surface area contributed by atoms with Crippen LogP contribution in [0.1, 0.15) is 15.9 Å². The molecule has 134 valence electrons. The monoisotopic (exact) mass is 369 g/mol. The third-order valence-electron chi connectivity index (χ3n) is 3.40. The number of hydrogen-bond acceptors (Lipinski definition) is 4. The van der Waals surface area contributed by atoms with E-state index >= 15 is 0 Å². The number of anilines is 1. The number of thiocarbonyl (C=S) groups is 1. The maximum absolute atomic E-state index is 12.0. The van der Waals surface area contributed by atoms with E-state index < -0.39 is 0 Å². The van der Waals surface area contributed by atoms with E-state index in [9.17, 15) is 9.59 Å². The zero-order valence-electron chi connectivity index (χ0n) is 14.4. The molecule has 0 saturated heterocycles. The fourth-order valence-electron chi connectivity index (χ4n) is 2.17. The van der Waals surface area contributed by atoms with Crippen molar-refractivity contribution in [2.75, 3.05) is 19.5 Å². The van der Waals surface area contributed by atoms with Crippen LogP contribution in [0.5, 0.6) is 5.75 Å². The van der Waals surface area contributed by atoms with Gasteiger partial charge in [-0.05, 0) is 42.6 Å².